The number of nitrogens with zero attached hydrogens (tertiary/aromatic N) is 2. The number of carbonyl (C=O) groups is 1. The second-order valence-corrected chi connectivity index (χ2v) is 4.83. The molecule has 1 aromatic carbocycles. The number of anilines is 2. The average Bonchev–Trinajstić information content (AvgIpc) is 2.39. The van der Waals surface area contributed by atoms with E-state index in [-0.39, 0.29) is 18.2 Å². The van der Waals surface area contributed by atoms with E-state index in [9.17, 15) is 13.6 Å². The predicted molar refractivity (Wildman–Crippen MR) is 75.3 cm³/mol. The third-order valence-electron chi connectivity index (χ3n) is 3.32. The van der Waals surface area contributed by atoms with Crippen molar-refractivity contribution in [3.05, 3.63) is 18.2 Å². The van der Waals surface area contributed by atoms with Crippen LogP contribution in [0.4, 0.5) is 20.2 Å². The smallest absolute Gasteiger partial charge is 0.387 e. The first-order valence-corrected chi connectivity index (χ1v) is 6.55. The molecule has 1 fully saturated rings. The van der Waals surface area contributed by atoms with Gasteiger partial charge in [0.2, 0.25) is 5.91 Å². The summed E-state index contributed by atoms with van der Waals surface area (Å²) in [5, 5.41) is 0. The van der Waals surface area contributed by atoms with Gasteiger partial charge in [-0.25, -0.2) is 0 Å². The molecule has 0 saturated carbocycles. The molecule has 4 N–H and O–H groups in total. The highest BCUT2D eigenvalue weighted by molar-refractivity contribution is 5.76. The van der Waals surface area contributed by atoms with Crippen molar-refractivity contribution < 1.29 is 18.3 Å². The number of carbonyl (C=O) groups excluding carboxylic acids is 1. The Hall–Kier alpha value is -2.09. The standard InChI is InChI=1S/C13H18F2N4O2/c14-13(15)21-9-1-2-11(10(16)7-9)19-5-3-18(4-6-19)8-12(17)20/h1-2,7,13H,3-6,8,16H2,(H2,17,20). The molecule has 0 atom stereocenters. The zero-order valence-corrected chi connectivity index (χ0v) is 11.5. The number of alkyl halides is 2. The van der Waals surface area contributed by atoms with Gasteiger partial charge in [0.25, 0.3) is 0 Å². The zero-order valence-electron chi connectivity index (χ0n) is 11.5. The first-order valence-electron chi connectivity index (χ1n) is 6.55. The Labute approximate surface area is 121 Å². The van der Waals surface area contributed by atoms with Crippen LogP contribution in [0.2, 0.25) is 0 Å². The van der Waals surface area contributed by atoms with E-state index in [2.05, 4.69) is 4.74 Å². The fourth-order valence-electron chi connectivity index (χ4n) is 2.36. The minimum Gasteiger partial charge on any atom is -0.435 e. The maximum atomic E-state index is 12.1. The lowest BCUT2D eigenvalue weighted by atomic mass is 10.2. The Morgan fingerprint density at radius 1 is 1.29 bits per heavy atom. The third kappa shape index (κ3) is 4.19. The summed E-state index contributed by atoms with van der Waals surface area (Å²) in [7, 11) is 0. The van der Waals surface area contributed by atoms with Crippen LogP contribution < -0.4 is 21.1 Å². The van der Waals surface area contributed by atoms with Crippen LogP contribution in [-0.2, 0) is 4.79 Å². The van der Waals surface area contributed by atoms with Crippen molar-refractivity contribution in [1.82, 2.24) is 4.90 Å². The van der Waals surface area contributed by atoms with E-state index in [0.717, 1.165) is 5.69 Å². The van der Waals surface area contributed by atoms with Gasteiger partial charge in [-0.2, -0.15) is 8.78 Å². The number of nitrogens with two attached hydrogens (primary N) is 2. The molecule has 0 aromatic heterocycles. The Balaban J connectivity index is 1.98. The average molecular weight is 300 g/mol. The summed E-state index contributed by atoms with van der Waals surface area (Å²) in [6.07, 6.45) is 0. The minimum atomic E-state index is -2.87. The number of nitrogen functional groups attached to an aromatic ring is 1. The van der Waals surface area contributed by atoms with Gasteiger partial charge >= 0.3 is 6.61 Å². The van der Waals surface area contributed by atoms with Gasteiger partial charge in [-0.1, -0.05) is 0 Å². The molecule has 1 aliphatic heterocycles. The second kappa shape index (κ2) is 6.57. The molecule has 0 radical (unpaired) electrons. The maximum Gasteiger partial charge on any atom is 0.387 e. The van der Waals surface area contributed by atoms with Crippen LogP contribution in [0.5, 0.6) is 5.75 Å². The van der Waals surface area contributed by atoms with E-state index in [4.69, 9.17) is 11.5 Å². The number of primary amides is 1. The fraction of sp³-hybridized carbons (Fsp3) is 0.462. The number of halogens is 2. The maximum absolute atomic E-state index is 12.1. The van der Waals surface area contributed by atoms with Crippen LogP contribution in [0.25, 0.3) is 0 Å². The molecule has 0 spiro atoms. The van der Waals surface area contributed by atoms with E-state index < -0.39 is 6.61 Å². The molecule has 116 valence electrons. The summed E-state index contributed by atoms with van der Waals surface area (Å²) in [5.41, 5.74) is 12.2. The van der Waals surface area contributed by atoms with Gasteiger partial charge in [-0.3, -0.25) is 9.69 Å². The first kappa shape index (κ1) is 15.3. The van der Waals surface area contributed by atoms with E-state index >= 15 is 0 Å². The van der Waals surface area contributed by atoms with Crippen molar-refractivity contribution in [2.45, 2.75) is 6.61 Å². The normalized spacial score (nSPS) is 16.2. The Kier molecular flexibility index (Phi) is 4.79. The lowest BCUT2D eigenvalue weighted by molar-refractivity contribution is -0.119. The quantitative estimate of drug-likeness (QED) is 0.773. The summed E-state index contributed by atoms with van der Waals surface area (Å²) in [6, 6.07) is 4.52. The highest BCUT2D eigenvalue weighted by atomic mass is 19.3. The van der Waals surface area contributed by atoms with Crippen LogP contribution >= 0.6 is 0 Å². The van der Waals surface area contributed by atoms with Crippen molar-refractivity contribution in [2.24, 2.45) is 5.73 Å². The van der Waals surface area contributed by atoms with Crippen LogP contribution in [-0.4, -0.2) is 50.1 Å². The zero-order chi connectivity index (χ0) is 15.4. The molecule has 2 rings (SSSR count). The predicted octanol–water partition coefficient (Wildman–Crippen LogP) is 0.478. The summed E-state index contributed by atoms with van der Waals surface area (Å²) in [4.78, 5) is 14.9. The van der Waals surface area contributed by atoms with Crippen molar-refractivity contribution in [2.75, 3.05) is 43.4 Å². The summed E-state index contributed by atoms with van der Waals surface area (Å²) < 4.78 is 28.6. The van der Waals surface area contributed by atoms with Gasteiger partial charge in [0.15, 0.2) is 0 Å². The van der Waals surface area contributed by atoms with Gasteiger partial charge in [0.05, 0.1) is 17.9 Å². The van der Waals surface area contributed by atoms with E-state index in [1.165, 1.54) is 12.1 Å². The molecule has 1 saturated heterocycles. The lowest BCUT2D eigenvalue weighted by Gasteiger charge is -2.36. The van der Waals surface area contributed by atoms with Gasteiger partial charge in [-0.15, -0.1) is 0 Å². The number of hydrogen-bond acceptors (Lipinski definition) is 5. The molecule has 8 heteroatoms. The summed E-state index contributed by atoms with van der Waals surface area (Å²) in [5.74, 6) is -0.310. The Morgan fingerprint density at radius 3 is 2.48 bits per heavy atom. The largest absolute Gasteiger partial charge is 0.435 e. The molecule has 0 bridgehead atoms. The van der Waals surface area contributed by atoms with E-state index in [0.29, 0.717) is 31.9 Å². The molecule has 1 heterocycles. The van der Waals surface area contributed by atoms with Crippen LogP contribution in [0.3, 0.4) is 0 Å². The Bertz CT molecular complexity index is 505. The summed E-state index contributed by atoms with van der Waals surface area (Å²) >= 11 is 0. The van der Waals surface area contributed by atoms with Gasteiger partial charge < -0.3 is 21.1 Å². The number of amides is 1. The molecule has 21 heavy (non-hydrogen) atoms. The van der Waals surface area contributed by atoms with E-state index in [1.807, 2.05) is 9.80 Å². The molecule has 0 unspecified atom stereocenters. The number of ether oxygens (including phenoxy) is 1. The van der Waals surface area contributed by atoms with Crippen molar-refractivity contribution in [1.29, 1.82) is 0 Å². The third-order valence-corrected chi connectivity index (χ3v) is 3.32. The molecule has 0 aliphatic carbocycles. The minimum absolute atomic E-state index is 0.0404. The molecule has 1 aromatic rings. The number of hydrogen-bond donors (Lipinski definition) is 2. The monoisotopic (exact) mass is 300 g/mol. The first-order chi connectivity index (χ1) is 9.95. The lowest BCUT2D eigenvalue weighted by Crippen LogP contribution is -2.49. The number of benzene rings is 1. The number of rotatable bonds is 5. The van der Waals surface area contributed by atoms with Crippen LogP contribution in [0.15, 0.2) is 18.2 Å². The van der Waals surface area contributed by atoms with Gasteiger partial charge in [0.1, 0.15) is 5.75 Å². The van der Waals surface area contributed by atoms with Gasteiger partial charge in [-0.05, 0) is 12.1 Å². The highest BCUT2D eigenvalue weighted by Crippen LogP contribution is 2.29. The molecular weight excluding hydrogens is 282 g/mol. The van der Waals surface area contributed by atoms with E-state index in [1.54, 1.807) is 6.07 Å². The number of piperazine rings is 1. The highest BCUT2D eigenvalue weighted by Gasteiger charge is 2.20. The van der Waals surface area contributed by atoms with Crippen molar-refractivity contribution >= 4 is 17.3 Å². The topological polar surface area (TPSA) is 84.8 Å². The summed E-state index contributed by atoms with van der Waals surface area (Å²) in [6.45, 7) is 0.131. The fourth-order valence-corrected chi connectivity index (χ4v) is 2.36. The SMILES string of the molecule is NC(=O)CN1CCN(c2ccc(OC(F)F)cc2N)CC1. The molecule has 6 nitrogen and oxygen atoms in total. The molecular formula is C13H18F2N4O2. The Morgan fingerprint density at radius 2 is 1.95 bits per heavy atom. The van der Waals surface area contributed by atoms with Crippen molar-refractivity contribution in [3.63, 3.8) is 0 Å². The van der Waals surface area contributed by atoms with Crippen molar-refractivity contribution in [3.8, 4) is 5.75 Å². The molecule has 1 amide bonds. The van der Waals surface area contributed by atoms with Crippen LogP contribution in [0, 0.1) is 0 Å². The molecule has 1 aliphatic rings. The second-order valence-electron chi connectivity index (χ2n) is 4.83. The van der Waals surface area contributed by atoms with Gasteiger partial charge in [0, 0.05) is 32.2 Å². The van der Waals surface area contributed by atoms with Crippen LogP contribution in [0.1, 0.15) is 0 Å².